The summed E-state index contributed by atoms with van der Waals surface area (Å²) in [6, 6.07) is 5.75. The molecule has 0 aliphatic heterocycles. The number of ether oxygens (including phenoxy) is 1. The van der Waals surface area contributed by atoms with Crippen molar-refractivity contribution in [2.75, 3.05) is 7.11 Å². The van der Waals surface area contributed by atoms with E-state index in [0.29, 0.717) is 18.0 Å². The van der Waals surface area contributed by atoms with Crippen LogP contribution in [-0.4, -0.2) is 22.2 Å². The van der Waals surface area contributed by atoms with Crippen molar-refractivity contribution >= 4 is 11.3 Å². The van der Waals surface area contributed by atoms with E-state index in [0.717, 1.165) is 6.42 Å². The summed E-state index contributed by atoms with van der Waals surface area (Å²) in [4.78, 5) is 9.23. The first-order chi connectivity index (χ1) is 8.29. The molecule has 0 bridgehead atoms. The Kier molecular flexibility index (Phi) is 4.06. The monoisotopic (exact) mass is 250 g/mol. The summed E-state index contributed by atoms with van der Waals surface area (Å²) >= 11 is 1.70. The Morgan fingerprint density at radius 1 is 1.47 bits per heavy atom. The minimum atomic E-state index is -0.575. The zero-order valence-corrected chi connectivity index (χ0v) is 10.4. The molecular weight excluding hydrogens is 236 g/mol. The van der Waals surface area contributed by atoms with Crippen molar-refractivity contribution in [1.29, 1.82) is 0 Å². The molecule has 0 fully saturated rings. The molecular formula is C12H14N2O2S. The number of methoxy groups -OCH3 is 1. The van der Waals surface area contributed by atoms with E-state index in [4.69, 9.17) is 4.74 Å². The van der Waals surface area contributed by atoms with Crippen molar-refractivity contribution < 1.29 is 9.84 Å². The number of hydrogen-bond acceptors (Lipinski definition) is 5. The van der Waals surface area contributed by atoms with E-state index in [2.05, 4.69) is 16.0 Å². The lowest BCUT2D eigenvalue weighted by Gasteiger charge is -2.09. The smallest absolute Gasteiger partial charge is 0.216 e. The van der Waals surface area contributed by atoms with Crippen LogP contribution in [0.1, 0.15) is 23.1 Å². The summed E-state index contributed by atoms with van der Waals surface area (Å²) in [5, 5.41) is 12.0. The number of thiophene rings is 1. The summed E-state index contributed by atoms with van der Waals surface area (Å²) in [5.74, 6) is 0.477. The zero-order chi connectivity index (χ0) is 12.1. The van der Waals surface area contributed by atoms with Crippen LogP contribution < -0.4 is 4.74 Å². The molecule has 2 aromatic heterocycles. The molecule has 0 saturated carbocycles. The quantitative estimate of drug-likeness (QED) is 0.884. The summed E-state index contributed by atoms with van der Waals surface area (Å²) in [6.45, 7) is 0. The van der Waals surface area contributed by atoms with Crippen LogP contribution in [0.2, 0.25) is 0 Å². The Morgan fingerprint density at radius 2 is 2.35 bits per heavy atom. The first-order valence-electron chi connectivity index (χ1n) is 5.36. The summed E-state index contributed by atoms with van der Waals surface area (Å²) in [7, 11) is 1.55. The molecule has 4 nitrogen and oxygen atoms in total. The molecule has 17 heavy (non-hydrogen) atoms. The zero-order valence-electron chi connectivity index (χ0n) is 9.54. The predicted octanol–water partition coefficient (Wildman–Crippen LogP) is 2.21. The number of aryl methyl sites for hydroxylation is 1. The maximum absolute atomic E-state index is 10.00. The van der Waals surface area contributed by atoms with Gasteiger partial charge in [0.2, 0.25) is 5.88 Å². The van der Waals surface area contributed by atoms with Gasteiger partial charge < -0.3 is 9.84 Å². The molecule has 5 heteroatoms. The lowest BCUT2D eigenvalue weighted by atomic mass is 10.1. The molecule has 0 amide bonds. The number of rotatable bonds is 5. The van der Waals surface area contributed by atoms with E-state index >= 15 is 0 Å². The topological polar surface area (TPSA) is 55.2 Å². The fraction of sp³-hybridized carbons (Fsp3) is 0.333. The van der Waals surface area contributed by atoms with Gasteiger partial charge in [-0.05, 0) is 24.3 Å². The summed E-state index contributed by atoms with van der Waals surface area (Å²) in [5.41, 5.74) is 0.605. The minimum absolute atomic E-state index is 0.477. The minimum Gasteiger partial charge on any atom is -0.481 e. The SMILES string of the molecule is COc1cc(C(O)CCc2cccs2)ncn1. The summed E-state index contributed by atoms with van der Waals surface area (Å²) in [6.07, 6.45) is 2.34. The van der Waals surface area contributed by atoms with Gasteiger partial charge in [-0.3, -0.25) is 0 Å². The maximum Gasteiger partial charge on any atom is 0.216 e. The van der Waals surface area contributed by atoms with E-state index in [1.165, 1.54) is 11.2 Å². The lowest BCUT2D eigenvalue weighted by Crippen LogP contribution is -2.03. The van der Waals surface area contributed by atoms with Gasteiger partial charge in [0.05, 0.1) is 18.9 Å². The average molecular weight is 250 g/mol. The molecule has 0 spiro atoms. The van der Waals surface area contributed by atoms with Crippen LogP contribution in [-0.2, 0) is 6.42 Å². The van der Waals surface area contributed by atoms with Crippen molar-refractivity contribution in [3.63, 3.8) is 0 Å². The van der Waals surface area contributed by atoms with Crippen molar-refractivity contribution in [3.8, 4) is 5.88 Å². The highest BCUT2D eigenvalue weighted by Crippen LogP contribution is 2.20. The Balaban J connectivity index is 1.96. The van der Waals surface area contributed by atoms with E-state index in [-0.39, 0.29) is 0 Å². The van der Waals surface area contributed by atoms with Crippen molar-refractivity contribution in [3.05, 3.63) is 40.5 Å². The molecule has 1 unspecified atom stereocenters. The van der Waals surface area contributed by atoms with E-state index in [1.54, 1.807) is 24.5 Å². The number of aromatic nitrogens is 2. The maximum atomic E-state index is 10.00. The van der Waals surface area contributed by atoms with Crippen LogP contribution in [0.3, 0.4) is 0 Å². The first kappa shape index (κ1) is 12.0. The standard InChI is InChI=1S/C12H14N2O2S/c1-16-12-7-10(13-8-14-12)11(15)5-4-9-3-2-6-17-9/h2-3,6-8,11,15H,4-5H2,1H3. The van der Waals surface area contributed by atoms with Crippen LogP contribution >= 0.6 is 11.3 Å². The number of hydrogen-bond donors (Lipinski definition) is 1. The predicted molar refractivity (Wildman–Crippen MR) is 66.2 cm³/mol. The average Bonchev–Trinajstić information content (AvgIpc) is 2.89. The van der Waals surface area contributed by atoms with Crippen LogP contribution in [0.4, 0.5) is 0 Å². The Morgan fingerprint density at radius 3 is 3.06 bits per heavy atom. The molecule has 0 aliphatic rings. The second-order valence-electron chi connectivity index (χ2n) is 3.62. The van der Waals surface area contributed by atoms with Crippen LogP contribution in [0.5, 0.6) is 5.88 Å². The lowest BCUT2D eigenvalue weighted by molar-refractivity contribution is 0.162. The fourth-order valence-electron chi connectivity index (χ4n) is 1.53. The van der Waals surface area contributed by atoms with Crippen LogP contribution in [0, 0.1) is 0 Å². The number of aliphatic hydroxyl groups is 1. The van der Waals surface area contributed by atoms with E-state index < -0.39 is 6.10 Å². The number of nitrogens with zero attached hydrogens (tertiary/aromatic N) is 2. The van der Waals surface area contributed by atoms with Gasteiger partial charge in [0.1, 0.15) is 6.33 Å². The summed E-state index contributed by atoms with van der Waals surface area (Å²) < 4.78 is 5.00. The molecule has 2 aromatic rings. The molecule has 0 saturated heterocycles. The molecule has 1 atom stereocenters. The Bertz CT molecular complexity index is 459. The van der Waals surface area contributed by atoms with Gasteiger partial charge in [0.15, 0.2) is 0 Å². The van der Waals surface area contributed by atoms with Gasteiger partial charge in [0.25, 0.3) is 0 Å². The number of aliphatic hydroxyl groups excluding tert-OH is 1. The molecule has 0 aliphatic carbocycles. The molecule has 90 valence electrons. The van der Waals surface area contributed by atoms with Crippen LogP contribution in [0.15, 0.2) is 29.9 Å². The van der Waals surface area contributed by atoms with Gasteiger partial charge in [0, 0.05) is 10.9 Å². The highest BCUT2D eigenvalue weighted by Gasteiger charge is 2.11. The van der Waals surface area contributed by atoms with Gasteiger partial charge in [-0.1, -0.05) is 6.07 Å². The molecule has 0 radical (unpaired) electrons. The highest BCUT2D eigenvalue weighted by molar-refractivity contribution is 7.09. The molecule has 1 N–H and O–H groups in total. The van der Waals surface area contributed by atoms with Gasteiger partial charge in [-0.2, -0.15) is 0 Å². The third-order valence-electron chi connectivity index (χ3n) is 2.46. The normalized spacial score (nSPS) is 12.4. The van der Waals surface area contributed by atoms with Gasteiger partial charge >= 0.3 is 0 Å². The molecule has 2 rings (SSSR count). The first-order valence-corrected chi connectivity index (χ1v) is 6.24. The second kappa shape index (κ2) is 5.75. The van der Waals surface area contributed by atoms with E-state index in [9.17, 15) is 5.11 Å². The highest BCUT2D eigenvalue weighted by atomic mass is 32.1. The van der Waals surface area contributed by atoms with Crippen LogP contribution in [0.25, 0.3) is 0 Å². The third kappa shape index (κ3) is 3.25. The molecule has 2 heterocycles. The van der Waals surface area contributed by atoms with E-state index in [1.807, 2.05) is 11.4 Å². The van der Waals surface area contributed by atoms with Gasteiger partial charge in [-0.15, -0.1) is 11.3 Å². The van der Waals surface area contributed by atoms with Crippen molar-refractivity contribution in [1.82, 2.24) is 9.97 Å². The Labute approximate surface area is 104 Å². The third-order valence-corrected chi connectivity index (χ3v) is 3.39. The van der Waals surface area contributed by atoms with Crippen molar-refractivity contribution in [2.45, 2.75) is 18.9 Å². The van der Waals surface area contributed by atoms with Gasteiger partial charge in [-0.25, -0.2) is 9.97 Å². The second-order valence-corrected chi connectivity index (χ2v) is 4.65. The fourth-order valence-corrected chi connectivity index (χ4v) is 2.25. The largest absolute Gasteiger partial charge is 0.481 e. The Hall–Kier alpha value is -1.46. The molecule has 0 aromatic carbocycles. The van der Waals surface area contributed by atoms with Crippen molar-refractivity contribution in [2.24, 2.45) is 0 Å².